The number of hydrogen-bond donors (Lipinski definition) is 4. The van der Waals surface area contributed by atoms with E-state index in [9.17, 15) is 34.5 Å². The number of aromatic nitrogens is 1. The van der Waals surface area contributed by atoms with Crippen molar-refractivity contribution in [2.75, 3.05) is 30.4 Å². The van der Waals surface area contributed by atoms with Crippen LogP contribution in [0, 0.1) is 36.5 Å². The van der Waals surface area contributed by atoms with Gasteiger partial charge in [0.15, 0.2) is 0 Å². The molecule has 1 fully saturated rings. The fraction of sp³-hybridized carbons (Fsp3) is 0.490. The van der Waals surface area contributed by atoms with Gasteiger partial charge < -0.3 is 44.5 Å². The van der Waals surface area contributed by atoms with Crippen LogP contribution in [0.5, 0.6) is 11.5 Å². The number of fused-ring (bicyclic) bond motifs is 2. The molecular formula is C49H59N3O11S. The first-order chi connectivity index (χ1) is 30.3. The standard InChI is InChI=1S/C49H59N3O11S/c1-23-16-19-52(20-17-23)31-14-15-32-34(22-31)64-46-38(50-32)35-36-42(56)29(7)45-37(35)47(58)49(9,63-45)61-21-18-33(60-10)26(4)44(62-30(8)53)28(6)41(55)27(5)40(54)24(2)12-11-13-25(3)48(59)51-39(46)43(36)57/h11-15,18,21-24,26-28,33,40-41,44,54-56H,16-17,19-20H2,1-10H3,(H,51,59)/b12-11+,21-18+,25-13-/t24-,26+,27+,28+,33-,40-,41+,44+,49-/m0/s1. The summed E-state index contributed by atoms with van der Waals surface area (Å²) in [7, 11) is 1.46. The van der Waals surface area contributed by atoms with Gasteiger partial charge in [-0.05, 0) is 56.9 Å². The van der Waals surface area contributed by atoms with Crippen molar-refractivity contribution in [2.45, 2.75) is 105 Å². The number of ketones is 1. The van der Waals surface area contributed by atoms with Crippen molar-refractivity contribution in [3.63, 3.8) is 0 Å². The van der Waals surface area contributed by atoms with Gasteiger partial charge in [0, 0.05) is 79.9 Å². The number of benzene rings is 3. The number of aliphatic hydroxyl groups excluding tert-OH is 2. The number of carbonyl (C=O) groups is 3. The third-order valence-corrected chi connectivity index (χ3v) is 14.6. The Hall–Kier alpha value is -5.35. The molecule has 0 saturated carbocycles. The van der Waals surface area contributed by atoms with E-state index < -0.39 is 82.7 Å². The summed E-state index contributed by atoms with van der Waals surface area (Å²) in [6.07, 6.45) is 6.00. The van der Waals surface area contributed by atoms with Crippen LogP contribution in [0.1, 0.15) is 84.2 Å². The van der Waals surface area contributed by atoms with Crippen LogP contribution in [0.4, 0.5) is 11.4 Å². The van der Waals surface area contributed by atoms with Crippen LogP contribution in [-0.4, -0.2) is 88.4 Å². The zero-order valence-corrected chi connectivity index (χ0v) is 38.9. The van der Waals surface area contributed by atoms with E-state index in [2.05, 4.69) is 17.1 Å². The lowest BCUT2D eigenvalue weighted by Gasteiger charge is -2.38. The van der Waals surface area contributed by atoms with Crippen LogP contribution in [-0.2, 0) is 23.8 Å². The lowest BCUT2D eigenvalue weighted by atomic mass is 9.78. The fourth-order valence-corrected chi connectivity index (χ4v) is 10.4. The topological polar surface area (TPSA) is 194 Å². The molecule has 9 atom stereocenters. The molecular weight excluding hydrogens is 839 g/mol. The minimum absolute atomic E-state index is 0.00484. The van der Waals surface area contributed by atoms with E-state index in [0.29, 0.717) is 16.3 Å². The number of nitrogens with one attached hydrogen (secondary N) is 1. The lowest BCUT2D eigenvalue weighted by Crippen LogP contribution is -2.46. The summed E-state index contributed by atoms with van der Waals surface area (Å²) in [5.74, 6) is -6.01. The van der Waals surface area contributed by atoms with Crippen molar-refractivity contribution < 1.29 is 48.7 Å². The highest BCUT2D eigenvalue weighted by Gasteiger charge is 2.50. The average Bonchev–Trinajstić information content (AvgIpc) is 3.53. The minimum Gasteiger partial charge on any atom is -0.507 e. The highest BCUT2D eigenvalue weighted by atomic mass is 32.1. The van der Waals surface area contributed by atoms with Crippen LogP contribution in [0.3, 0.4) is 0 Å². The third-order valence-electron chi connectivity index (χ3n) is 13.5. The van der Waals surface area contributed by atoms with Crippen LogP contribution in [0.25, 0.3) is 31.6 Å². The fourth-order valence-electron chi connectivity index (χ4n) is 9.26. The van der Waals surface area contributed by atoms with Gasteiger partial charge in [0.1, 0.15) is 23.3 Å². The summed E-state index contributed by atoms with van der Waals surface area (Å²) in [5.41, 5.74) is 1.32. The molecule has 2 aromatic rings. The Kier molecular flexibility index (Phi) is 13.3. The van der Waals surface area contributed by atoms with E-state index in [0.717, 1.165) is 36.3 Å². The molecule has 342 valence electrons. The molecule has 64 heavy (non-hydrogen) atoms. The van der Waals surface area contributed by atoms with Gasteiger partial charge in [0.05, 0.1) is 56.3 Å². The van der Waals surface area contributed by atoms with Gasteiger partial charge in [-0.1, -0.05) is 52.8 Å². The van der Waals surface area contributed by atoms with Crippen molar-refractivity contribution in [2.24, 2.45) is 29.6 Å². The van der Waals surface area contributed by atoms with Gasteiger partial charge in [-0.2, -0.15) is 0 Å². The van der Waals surface area contributed by atoms with Crippen molar-refractivity contribution in [3.05, 3.63) is 75.7 Å². The number of rotatable bonds is 3. The smallest absolute Gasteiger partial charge is 0.312 e. The average molecular weight is 898 g/mol. The number of Topliss-reactive ketones (excluding diaryl/α,β-unsaturated/α-hetero) is 1. The van der Waals surface area contributed by atoms with Crippen molar-refractivity contribution in [3.8, 4) is 22.1 Å². The number of phenols is 1. The normalized spacial score (nSPS) is 30.5. The highest BCUT2D eigenvalue weighted by Crippen LogP contribution is 2.51. The van der Waals surface area contributed by atoms with Gasteiger partial charge in [-0.25, -0.2) is 4.98 Å². The van der Waals surface area contributed by atoms with Crippen molar-refractivity contribution in [1.29, 1.82) is 0 Å². The largest absolute Gasteiger partial charge is 0.507 e. The van der Waals surface area contributed by atoms with Crippen LogP contribution < -0.4 is 20.4 Å². The molecule has 7 rings (SSSR count). The summed E-state index contributed by atoms with van der Waals surface area (Å²) in [6.45, 7) is 16.9. The van der Waals surface area contributed by atoms with Gasteiger partial charge >= 0.3 is 11.8 Å². The summed E-state index contributed by atoms with van der Waals surface area (Å²) >= 11 is 1.25. The van der Waals surface area contributed by atoms with Gasteiger partial charge in [0.2, 0.25) is 5.43 Å². The highest BCUT2D eigenvalue weighted by molar-refractivity contribution is 7.22. The predicted molar refractivity (Wildman–Crippen MR) is 247 cm³/mol. The summed E-state index contributed by atoms with van der Waals surface area (Å²) in [5, 5.41) is 37.6. The second-order valence-electron chi connectivity index (χ2n) is 18.0. The molecule has 0 unspecified atom stereocenters. The van der Waals surface area contributed by atoms with Crippen molar-refractivity contribution >= 4 is 61.4 Å². The van der Waals surface area contributed by atoms with Gasteiger partial charge in [0.25, 0.3) is 11.7 Å². The molecule has 2 aromatic carbocycles. The number of methoxy groups -OCH3 is 1. The number of ether oxygens (including phenoxy) is 4. The number of phenolic OH excluding ortho intramolecular Hbond substituents is 1. The Morgan fingerprint density at radius 3 is 2.36 bits per heavy atom. The molecule has 5 aliphatic rings. The van der Waals surface area contributed by atoms with E-state index in [1.165, 1.54) is 45.5 Å². The van der Waals surface area contributed by atoms with E-state index in [1.807, 2.05) is 18.2 Å². The minimum atomic E-state index is -1.99. The van der Waals surface area contributed by atoms with Crippen LogP contribution in [0.2, 0.25) is 0 Å². The second kappa shape index (κ2) is 18.3. The summed E-state index contributed by atoms with van der Waals surface area (Å²) < 4.78 is 24.8. The zero-order chi connectivity index (χ0) is 46.5. The molecule has 4 N–H and O–H groups in total. The lowest BCUT2D eigenvalue weighted by molar-refractivity contribution is -0.160. The molecule has 0 spiro atoms. The molecule has 0 radical (unpaired) electrons. The number of carbonyl (C=O) groups excluding carboxylic acids is 3. The summed E-state index contributed by atoms with van der Waals surface area (Å²) in [4.78, 5) is 63.8. The first-order valence-corrected chi connectivity index (χ1v) is 22.7. The Morgan fingerprint density at radius 1 is 0.984 bits per heavy atom. The number of aromatic hydroxyl groups is 1. The molecule has 0 aromatic heterocycles. The second-order valence-corrected chi connectivity index (χ2v) is 19.1. The SMILES string of the molecule is CO[C@H]1/C=C/O[C@@]2(C)Oc3c(C)c(O)c4c(=O)c(c5sc6cc(N7CCC(C)CC7)ccc6nc-5c4c3C2=O)NC(=O)/C(C)=C\C=C\[C@H](C)[C@H](O)[C@@H](C)[C@@H](O)[C@@H](C)[C@H](OC(C)=O)[C@@H]1C. The van der Waals surface area contributed by atoms with E-state index >= 15 is 0 Å². The number of allylic oxidation sites excluding steroid dienone is 2. The quantitative estimate of drug-likeness (QED) is 0.0891. The van der Waals surface area contributed by atoms with E-state index in [1.54, 1.807) is 58.9 Å². The maximum absolute atomic E-state index is 14.9. The van der Waals surface area contributed by atoms with Gasteiger partial charge in [-0.15, -0.1) is 11.3 Å². The zero-order valence-electron chi connectivity index (χ0n) is 38.1. The predicted octanol–water partition coefficient (Wildman–Crippen LogP) is 7.65. The van der Waals surface area contributed by atoms with Crippen molar-refractivity contribution in [1.82, 2.24) is 4.98 Å². The molecule has 15 heteroatoms. The van der Waals surface area contributed by atoms with Crippen LogP contribution in [0.15, 0.2) is 59.1 Å². The molecule has 14 nitrogen and oxygen atoms in total. The third kappa shape index (κ3) is 8.50. The number of esters is 1. The number of hydrogen-bond acceptors (Lipinski definition) is 14. The number of amides is 1. The Labute approximate surface area is 376 Å². The first kappa shape index (κ1) is 46.6. The molecule has 4 heterocycles. The van der Waals surface area contributed by atoms with E-state index in [4.69, 9.17) is 23.9 Å². The Morgan fingerprint density at radius 2 is 1.69 bits per heavy atom. The Bertz CT molecular complexity index is 2610. The van der Waals surface area contributed by atoms with Gasteiger partial charge in [-0.3, -0.25) is 19.2 Å². The number of piperidine rings is 1. The molecule has 1 amide bonds. The number of aliphatic hydroxyl groups is 2. The maximum atomic E-state index is 14.9. The summed E-state index contributed by atoms with van der Waals surface area (Å²) in [6, 6.07) is 5.93. The number of anilines is 2. The maximum Gasteiger partial charge on any atom is 0.312 e. The van der Waals surface area contributed by atoms with Crippen LogP contribution >= 0.6 is 11.3 Å². The first-order valence-electron chi connectivity index (χ1n) is 21.9. The van der Waals surface area contributed by atoms with E-state index in [-0.39, 0.29) is 44.6 Å². The number of nitrogens with zero attached hydrogens (tertiary/aromatic N) is 2. The Balaban J connectivity index is 1.43. The molecule has 4 bridgehead atoms. The molecule has 1 saturated heterocycles. The monoisotopic (exact) mass is 897 g/mol. The molecule has 4 aliphatic heterocycles. The molecule has 1 aliphatic carbocycles.